The maximum Gasteiger partial charge on any atom is 0.416 e. The van der Waals surface area contributed by atoms with Gasteiger partial charge in [0.25, 0.3) is 5.91 Å². The predicted octanol–water partition coefficient (Wildman–Crippen LogP) is 6.96. The van der Waals surface area contributed by atoms with Crippen LogP contribution >= 0.6 is 11.6 Å². The van der Waals surface area contributed by atoms with Crippen molar-refractivity contribution in [1.29, 1.82) is 0 Å². The van der Waals surface area contributed by atoms with Crippen molar-refractivity contribution in [1.82, 2.24) is 9.88 Å². The van der Waals surface area contributed by atoms with Gasteiger partial charge >= 0.3 is 6.18 Å². The molecule has 34 heavy (non-hydrogen) atoms. The summed E-state index contributed by atoms with van der Waals surface area (Å²) in [6, 6.07) is 9.74. The lowest BCUT2D eigenvalue weighted by Gasteiger charge is -2.32. The number of pyridine rings is 1. The molecule has 0 radical (unpaired) electrons. The Kier molecular flexibility index (Phi) is 6.79. The summed E-state index contributed by atoms with van der Waals surface area (Å²) in [5.41, 5.74) is 1.39. The van der Waals surface area contributed by atoms with Gasteiger partial charge in [0.15, 0.2) is 0 Å². The van der Waals surface area contributed by atoms with E-state index in [0.29, 0.717) is 31.5 Å². The van der Waals surface area contributed by atoms with E-state index >= 15 is 0 Å². The number of carbonyl (C=O) groups excluding carboxylic acids is 1. The highest BCUT2D eigenvalue weighted by Crippen LogP contribution is 2.36. The van der Waals surface area contributed by atoms with Crippen LogP contribution in [0.1, 0.15) is 45.8 Å². The van der Waals surface area contributed by atoms with E-state index in [0.717, 1.165) is 17.7 Å². The standard InChI is InChI=1S/C25H22ClF4N3O/c1-15-2-5-18(25(28,29)30)12-22(15)32-23-20(13-31-14-21(23)26)24(34)33-10-8-17(9-11-33)16-3-6-19(27)7-4-16/h2-7,12-14,17H,8-11H2,1H3,(H,31,32). The third-order valence-electron chi connectivity index (χ3n) is 6.08. The van der Waals surface area contributed by atoms with Crippen molar-refractivity contribution in [3.8, 4) is 0 Å². The molecule has 1 fully saturated rings. The lowest BCUT2D eigenvalue weighted by atomic mass is 9.89. The number of carbonyl (C=O) groups is 1. The minimum Gasteiger partial charge on any atom is -0.353 e. The fourth-order valence-corrected chi connectivity index (χ4v) is 4.32. The van der Waals surface area contributed by atoms with Crippen LogP contribution in [0.25, 0.3) is 0 Å². The van der Waals surface area contributed by atoms with Gasteiger partial charge in [-0.3, -0.25) is 9.78 Å². The zero-order valence-corrected chi connectivity index (χ0v) is 19.1. The van der Waals surface area contributed by atoms with Gasteiger partial charge in [0.1, 0.15) is 5.82 Å². The molecule has 178 valence electrons. The molecule has 0 atom stereocenters. The Labute approximate surface area is 199 Å². The summed E-state index contributed by atoms with van der Waals surface area (Å²) in [5.74, 6) is -0.381. The minimum absolute atomic E-state index is 0.129. The number of anilines is 2. The molecule has 1 aliphatic rings. The molecule has 1 amide bonds. The Hall–Kier alpha value is -3.13. The van der Waals surface area contributed by atoms with Crippen LogP contribution < -0.4 is 5.32 Å². The van der Waals surface area contributed by atoms with Gasteiger partial charge in [-0.15, -0.1) is 0 Å². The van der Waals surface area contributed by atoms with Crippen LogP contribution in [-0.4, -0.2) is 28.9 Å². The first-order valence-corrected chi connectivity index (χ1v) is 11.1. The fourth-order valence-electron chi connectivity index (χ4n) is 4.11. The molecule has 2 heterocycles. The third-order valence-corrected chi connectivity index (χ3v) is 6.36. The topological polar surface area (TPSA) is 45.2 Å². The Bertz CT molecular complexity index is 1190. The molecule has 4 rings (SSSR count). The van der Waals surface area contributed by atoms with E-state index in [-0.39, 0.29) is 39.6 Å². The van der Waals surface area contributed by atoms with Crippen molar-refractivity contribution in [2.24, 2.45) is 0 Å². The maximum atomic E-state index is 13.3. The molecule has 4 nitrogen and oxygen atoms in total. The number of nitrogens with zero attached hydrogens (tertiary/aromatic N) is 2. The molecular weight excluding hydrogens is 470 g/mol. The molecule has 0 bridgehead atoms. The summed E-state index contributed by atoms with van der Waals surface area (Å²) < 4.78 is 52.8. The zero-order valence-electron chi connectivity index (χ0n) is 18.3. The monoisotopic (exact) mass is 491 g/mol. The normalized spacial score (nSPS) is 14.8. The number of benzene rings is 2. The van der Waals surface area contributed by atoms with Crippen LogP contribution in [0.15, 0.2) is 54.9 Å². The average molecular weight is 492 g/mol. The molecule has 0 spiro atoms. The number of nitrogens with one attached hydrogen (secondary N) is 1. The molecule has 3 aromatic rings. The Morgan fingerprint density at radius 3 is 2.41 bits per heavy atom. The second kappa shape index (κ2) is 9.62. The second-order valence-corrected chi connectivity index (χ2v) is 8.72. The Balaban J connectivity index is 1.54. The van der Waals surface area contributed by atoms with Crippen molar-refractivity contribution in [2.45, 2.75) is 31.9 Å². The van der Waals surface area contributed by atoms with Crippen LogP contribution in [0, 0.1) is 12.7 Å². The lowest BCUT2D eigenvalue weighted by Crippen LogP contribution is -2.38. The summed E-state index contributed by atoms with van der Waals surface area (Å²) in [6.07, 6.45) is -0.378. The van der Waals surface area contributed by atoms with Crippen molar-refractivity contribution in [3.05, 3.63) is 88.0 Å². The highest BCUT2D eigenvalue weighted by Gasteiger charge is 2.31. The number of likely N-dealkylation sites (tertiary alicyclic amines) is 1. The molecule has 2 aromatic carbocycles. The van der Waals surface area contributed by atoms with Gasteiger partial charge in [-0.1, -0.05) is 29.8 Å². The summed E-state index contributed by atoms with van der Waals surface area (Å²) in [5, 5.41) is 3.06. The summed E-state index contributed by atoms with van der Waals surface area (Å²) in [4.78, 5) is 19.0. The van der Waals surface area contributed by atoms with Crippen LogP contribution in [0.3, 0.4) is 0 Å². The molecule has 1 saturated heterocycles. The maximum absolute atomic E-state index is 13.3. The summed E-state index contributed by atoms with van der Waals surface area (Å²) >= 11 is 6.31. The van der Waals surface area contributed by atoms with E-state index < -0.39 is 11.7 Å². The van der Waals surface area contributed by atoms with Gasteiger partial charge in [0.2, 0.25) is 0 Å². The number of amides is 1. The van der Waals surface area contributed by atoms with Crippen molar-refractivity contribution >= 4 is 28.9 Å². The van der Waals surface area contributed by atoms with Gasteiger partial charge in [0, 0.05) is 31.2 Å². The third kappa shape index (κ3) is 5.17. The van der Waals surface area contributed by atoms with Crippen LogP contribution in [-0.2, 0) is 6.18 Å². The van der Waals surface area contributed by atoms with Gasteiger partial charge in [-0.05, 0) is 61.1 Å². The number of hydrogen-bond donors (Lipinski definition) is 1. The van der Waals surface area contributed by atoms with E-state index in [1.807, 2.05) is 0 Å². The van der Waals surface area contributed by atoms with Crippen LogP contribution in [0.2, 0.25) is 5.02 Å². The van der Waals surface area contributed by atoms with E-state index in [1.54, 1.807) is 24.0 Å². The molecule has 0 unspecified atom stereocenters. The van der Waals surface area contributed by atoms with Gasteiger partial charge in [0.05, 0.1) is 21.8 Å². The average Bonchev–Trinajstić information content (AvgIpc) is 2.81. The largest absolute Gasteiger partial charge is 0.416 e. The predicted molar refractivity (Wildman–Crippen MR) is 123 cm³/mol. The number of rotatable bonds is 4. The highest BCUT2D eigenvalue weighted by atomic mass is 35.5. The van der Waals surface area contributed by atoms with Crippen molar-refractivity contribution in [2.75, 3.05) is 18.4 Å². The molecule has 0 saturated carbocycles. The first-order valence-electron chi connectivity index (χ1n) is 10.8. The van der Waals surface area contributed by atoms with Crippen molar-refractivity contribution in [3.63, 3.8) is 0 Å². The highest BCUT2D eigenvalue weighted by molar-refractivity contribution is 6.34. The molecular formula is C25H22ClF4N3O. The lowest BCUT2D eigenvalue weighted by molar-refractivity contribution is -0.137. The van der Waals surface area contributed by atoms with Crippen LogP contribution in [0.4, 0.5) is 28.9 Å². The Morgan fingerprint density at radius 1 is 1.09 bits per heavy atom. The van der Waals surface area contributed by atoms with E-state index in [9.17, 15) is 22.4 Å². The van der Waals surface area contributed by atoms with Crippen LogP contribution in [0.5, 0.6) is 0 Å². The first kappa shape index (κ1) is 24.0. The van der Waals surface area contributed by atoms with Gasteiger partial charge in [-0.25, -0.2) is 4.39 Å². The molecule has 0 aliphatic carbocycles. The SMILES string of the molecule is Cc1ccc(C(F)(F)F)cc1Nc1c(Cl)cncc1C(=O)N1CCC(c2ccc(F)cc2)CC1. The number of aryl methyl sites for hydroxylation is 1. The second-order valence-electron chi connectivity index (χ2n) is 8.31. The van der Waals surface area contributed by atoms with Gasteiger partial charge < -0.3 is 10.2 Å². The molecule has 9 heteroatoms. The Morgan fingerprint density at radius 2 is 1.76 bits per heavy atom. The summed E-state index contributed by atoms with van der Waals surface area (Å²) in [6.45, 7) is 2.63. The number of piperidine rings is 1. The fraction of sp³-hybridized carbons (Fsp3) is 0.280. The van der Waals surface area contributed by atoms with E-state index in [2.05, 4.69) is 10.3 Å². The smallest absolute Gasteiger partial charge is 0.353 e. The van der Waals surface area contributed by atoms with Gasteiger partial charge in [-0.2, -0.15) is 13.2 Å². The summed E-state index contributed by atoms with van der Waals surface area (Å²) in [7, 11) is 0. The molecule has 1 N–H and O–H groups in total. The number of aromatic nitrogens is 1. The van der Waals surface area contributed by atoms with Crippen molar-refractivity contribution < 1.29 is 22.4 Å². The molecule has 1 aromatic heterocycles. The zero-order chi connectivity index (χ0) is 24.5. The van der Waals surface area contributed by atoms with E-state index in [1.165, 1.54) is 30.6 Å². The minimum atomic E-state index is -4.50. The molecule has 1 aliphatic heterocycles. The number of halogens is 5. The number of alkyl halides is 3. The quantitative estimate of drug-likeness (QED) is 0.401. The number of hydrogen-bond acceptors (Lipinski definition) is 3. The van der Waals surface area contributed by atoms with E-state index in [4.69, 9.17) is 11.6 Å². The first-order chi connectivity index (χ1) is 16.1.